The molecule has 2 nitrogen and oxygen atoms in total. The lowest BCUT2D eigenvalue weighted by Crippen LogP contribution is -2.28. The molecule has 0 fully saturated rings. The second-order valence-electron chi connectivity index (χ2n) is 3.44. The number of hydrogen-bond donors (Lipinski definition) is 2. The summed E-state index contributed by atoms with van der Waals surface area (Å²) >= 11 is 1.70. The van der Waals surface area contributed by atoms with E-state index in [0.717, 1.165) is 6.42 Å². The molecule has 2 N–H and O–H groups in total. The first-order chi connectivity index (χ1) is 6.24. The highest BCUT2D eigenvalue weighted by atomic mass is 32.1. The fourth-order valence-corrected chi connectivity index (χ4v) is 2.07. The number of nitrogens with one attached hydrogen (secondary N) is 1. The molecule has 0 aliphatic rings. The van der Waals surface area contributed by atoms with E-state index in [9.17, 15) is 0 Å². The van der Waals surface area contributed by atoms with E-state index in [1.165, 1.54) is 5.56 Å². The Morgan fingerprint density at radius 1 is 1.54 bits per heavy atom. The summed E-state index contributed by atoms with van der Waals surface area (Å²) in [7, 11) is 0. The number of aliphatic hydroxyl groups excluding tert-OH is 1. The molecule has 1 atom stereocenters. The van der Waals surface area contributed by atoms with E-state index in [2.05, 4.69) is 36.0 Å². The quantitative estimate of drug-likeness (QED) is 0.761. The molecule has 0 aromatic carbocycles. The van der Waals surface area contributed by atoms with Crippen LogP contribution in [-0.2, 0) is 0 Å². The standard InChI is InChI=1S/C10H17NOS/c1-8(2)11-10(3-5-12)9-4-6-13-7-9/h4,6-8,10-12H,3,5H2,1-2H3/t10-/m0/s1. The zero-order valence-corrected chi connectivity index (χ0v) is 8.97. The van der Waals surface area contributed by atoms with Crippen LogP contribution in [0.5, 0.6) is 0 Å². The summed E-state index contributed by atoms with van der Waals surface area (Å²) < 4.78 is 0. The number of rotatable bonds is 5. The Labute approximate surface area is 83.6 Å². The smallest absolute Gasteiger partial charge is 0.0449 e. The highest BCUT2D eigenvalue weighted by Gasteiger charge is 2.11. The second-order valence-corrected chi connectivity index (χ2v) is 4.22. The van der Waals surface area contributed by atoms with Crippen LogP contribution in [0.1, 0.15) is 31.9 Å². The van der Waals surface area contributed by atoms with E-state index in [4.69, 9.17) is 5.11 Å². The Morgan fingerprint density at radius 3 is 2.77 bits per heavy atom. The fourth-order valence-electron chi connectivity index (χ4n) is 1.35. The predicted octanol–water partition coefficient (Wildman–Crippen LogP) is 2.17. The van der Waals surface area contributed by atoms with Crippen LogP contribution >= 0.6 is 11.3 Å². The zero-order chi connectivity index (χ0) is 9.68. The zero-order valence-electron chi connectivity index (χ0n) is 8.16. The Bertz CT molecular complexity index is 221. The lowest BCUT2D eigenvalue weighted by molar-refractivity contribution is 0.261. The molecular weight excluding hydrogens is 182 g/mol. The Kier molecular flexibility index (Phi) is 4.42. The van der Waals surface area contributed by atoms with Gasteiger partial charge in [0.05, 0.1) is 0 Å². The molecule has 0 bridgehead atoms. The van der Waals surface area contributed by atoms with E-state index < -0.39 is 0 Å². The normalized spacial score (nSPS) is 13.5. The first kappa shape index (κ1) is 10.7. The minimum atomic E-state index is 0.236. The summed E-state index contributed by atoms with van der Waals surface area (Å²) in [6.07, 6.45) is 0.787. The fraction of sp³-hybridized carbons (Fsp3) is 0.600. The van der Waals surface area contributed by atoms with Gasteiger partial charge in [-0.15, -0.1) is 0 Å². The van der Waals surface area contributed by atoms with Crippen molar-refractivity contribution in [2.75, 3.05) is 6.61 Å². The van der Waals surface area contributed by atoms with Crippen LogP contribution in [0.3, 0.4) is 0 Å². The predicted molar refractivity (Wildman–Crippen MR) is 57.0 cm³/mol. The molecule has 0 saturated carbocycles. The van der Waals surface area contributed by atoms with E-state index >= 15 is 0 Å². The summed E-state index contributed by atoms with van der Waals surface area (Å²) in [6.45, 7) is 4.48. The van der Waals surface area contributed by atoms with Crippen molar-refractivity contribution in [3.8, 4) is 0 Å². The average Bonchev–Trinajstić information content (AvgIpc) is 2.54. The number of aliphatic hydroxyl groups is 1. The maximum absolute atomic E-state index is 8.91. The van der Waals surface area contributed by atoms with Gasteiger partial charge in [0.25, 0.3) is 0 Å². The summed E-state index contributed by atoms with van der Waals surface area (Å²) in [5.41, 5.74) is 1.28. The summed E-state index contributed by atoms with van der Waals surface area (Å²) in [5, 5.41) is 16.5. The summed E-state index contributed by atoms with van der Waals surface area (Å²) in [6, 6.07) is 2.87. The molecule has 1 aromatic heterocycles. The lowest BCUT2D eigenvalue weighted by Gasteiger charge is -2.19. The third-order valence-electron chi connectivity index (χ3n) is 1.90. The molecule has 0 aliphatic carbocycles. The first-order valence-corrected chi connectivity index (χ1v) is 5.57. The number of thiophene rings is 1. The van der Waals surface area contributed by atoms with Crippen LogP contribution in [0.25, 0.3) is 0 Å². The summed E-state index contributed by atoms with van der Waals surface area (Å²) in [5.74, 6) is 0. The van der Waals surface area contributed by atoms with Crippen molar-refractivity contribution < 1.29 is 5.11 Å². The highest BCUT2D eigenvalue weighted by Crippen LogP contribution is 2.19. The van der Waals surface area contributed by atoms with E-state index in [1.54, 1.807) is 11.3 Å². The number of hydrogen-bond acceptors (Lipinski definition) is 3. The van der Waals surface area contributed by atoms with E-state index in [0.29, 0.717) is 12.1 Å². The molecule has 74 valence electrons. The van der Waals surface area contributed by atoms with Gasteiger partial charge >= 0.3 is 0 Å². The van der Waals surface area contributed by atoms with Gasteiger partial charge in [-0.05, 0) is 28.8 Å². The highest BCUT2D eigenvalue weighted by molar-refractivity contribution is 7.07. The van der Waals surface area contributed by atoms with Gasteiger partial charge in [0.15, 0.2) is 0 Å². The van der Waals surface area contributed by atoms with Gasteiger partial charge in [0, 0.05) is 18.7 Å². The average molecular weight is 199 g/mol. The van der Waals surface area contributed by atoms with E-state index in [1.807, 2.05) is 0 Å². The maximum atomic E-state index is 8.91. The van der Waals surface area contributed by atoms with Gasteiger partial charge < -0.3 is 10.4 Å². The van der Waals surface area contributed by atoms with Gasteiger partial charge in [0.1, 0.15) is 0 Å². The molecular formula is C10H17NOS. The van der Waals surface area contributed by atoms with Gasteiger partial charge in [-0.3, -0.25) is 0 Å². The molecule has 1 rings (SSSR count). The molecule has 1 heterocycles. The van der Waals surface area contributed by atoms with Gasteiger partial charge in [-0.25, -0.2) is 0 Å². The topological polar surface area (TPSA) is 32.3 Å². The van der Waals surface area contributed by atoms with Crippen LogP contribution in [0.15, 0.2) is 16.8 Å². The Hall–Kier alpha value is -0.380. The van der Waals surface area contributed by atoms with Gasteiger partial charge in [-0.1, -0.05) is 13.8 Å². The van der Waals surface area contributed by atoms with Gasteiger partial charge in [-0.2, -0.15) is 11.3 Å². The van der Waals surface area contributed by atoms with Crippen LogP contribution < -0.4 is 5.32 Å². The molecule has 3 heteroatoms. The molecule has 0 aliphatic heterocycles. The maximum Gasteiger partial charge on any atom is 0.0449 e. The molecule has 0 radical (unpaired) electrons. The minimum absolute atomic E-state index is 0.236. The van der Waals surface area contributed by atoms with Crippen molar-refractivity contribution in [1.82, 2.24) is 5.32 Å². The second kappa shape index (κ2) is 5.37. The van der Waals surface area contributed by atoms with Crippen molar-refractivity contribution in [2.45, 2.75) is 32.4 Å². The Balaban J connectivity index is 2.57. The largest absolute Gasteiger partial charge is 0.396 e. The van der Waals surface area contributed by atoms with Crippen LogP contribution in [-0.4, -0.2) is 17.8 Å². The third kappa shape index (κ3) is 3.46. The van der Waals surface area contributed by atoms with Crippen LogP contribution in [0.2, 0.25) is 0 Å². The molecule has 13 heavy (non-hydrogen) atoms. The molecule has 0 unspecified atom stereocenters. The van der Waals surface area contributed by atoms with Crippen LogP contribution in [0.4, 0.5) is 0 Å². The van der Waals surface area contributed by atoms with Crippen molar-refractivity contribution in [3.63, 3.8) is 0 Å². The molecule has 0 saturated heterocycles. The van der Waals surface area contributed by atoms with Crippen molar-refractivity contribution in [3.05, 3.63) is 22.4 Å². The third-order valence-corrected chi connectivity index (χ3v) is 2.60. The molecule has 0 amide bonds. The first-order valence-electron chi connectivity index (χ1n) is 4.63. The molecule has 0 spiro atoms. The van der Waals surface area contributed by atoms with Crippen molar-refractivity contribution >= 4 is 11.3 Å². The monoisotopic (exact) mass is 199 g/mol. The molecule has 1 aromatic rings. The van der Waals surface area contributed by atoms with Crippen molar-refractivity contribution in [1.29, 1.82) is 0 Å². The lowest BCUT2D eigenvalue weighted by atomic mass is 10.1. The minimum Gasteiger partial charge on any atom is -0.396 e. The van der Waals surface area contributed by atoms with Gasteiger partial charge in [0.2, 0.25) is 0 Å². The van der Waals surface area contributed by atoms with Crippen molar-refractivity contribution in [2.24, 2.45) is 0 Å². The summed E-state index contributed by atoms with van der Waals surface area (Å²) in [4.78, 5) is 0. The van der Waals surface area contributed by atoms with Crippen LogP contribution in [0, 0.1) is 0 Å². The SMILES string of the molecule is CC(C)N[C@@H](CCO)c1ccsc1. The Morgan fingerprint density at radius 2 is 2.31 bits per heavy atom. The van der Waals surface area contributed by atoms with E-state index in [-0.39, 0.29) is 6.61 Å².